The Hall–Kier alpha value is -1.63. The first kappa shape index (κ1) is 14.8. The maximum absolute atomic E-state index is 11.3. The van der Waals surface area contributed by atoms with Gasteiger partial charge in [-0.25, -0.2) is 4.68 Å². The van der Waals surface area contributed by atoms with Crippen LogP contribution in [0.15, 0.2) is 0 Å². The first-order valence-corrected chi connectivity index (χ1v) is 7.14. The number of aromatic nitrogens is 2. The highest BCUT2D eigenvalue weighted by Gasteiger charge is 2.37. The molecule has 1 heterocycles. The Kier molecular flexibility index (Phi) is 4.27. The van der Waals surface area contributed by atoms with Crippen molar-refractivity contribution in [3.63, 3.8) is 0 Å². The molecule has 7 heteroatoms. The third kappa shape index (κ3) is 2.63. The summed E-state index contributed by atoms with van der Waals surface area (Å²) in [6.07, 6.45) is 4.57. The summed E-state index contributed by atoms with van der Waals surface area (Å²) >= 11 is 0. The first-order valence-electron chi connectivity index (χ1n) is 7.14. The minimum Gasteiger partial charge on any atom is -0.394 e. The number of hydrogen-bond donors (Lipinski definition) is 2. The van der Waals surface area contributed by atoms with Crippen molar-refractivity contribution in [2.75, 3.05) is 11.9 Å². The molecule has 7 nitrogen and oxygen atoms in total. The Balaban J connectivity index is 2.39. The molecule has 2 N–H and O–H groups in total. The van der Waals surface area contributed by atoms with Crippen molar-refractivity contribution < 1.29 is 10.0 Å². The molecule has 2 rings (SSSR count). The molecule has 1 aliphatic rings. The molecule has 1 aliphatic carbocycles. The first-order chi connectivity index (χ1) is 9.53. The van der Waals surface area contributed by atoms with Gasteiger partial charge in [0.15, 0.2) is 0 Å². The number of nitrogens with zero attached hydrogens (tertiary/aromatic N) is 3. The second kappa shape index (κ2) is 5.78. The van der Waals surface area contributed by atoms with E-state index in [1.807, 2.05) is 6.92 Å². The van der Waals surface area contributed by atoms with Crippen LogP contribution in [0, 0.1) is 17.0 Å². The van der Waals surface area contributed by atoms with E-state index in [0.29, 0.717) is 18.1 Å². The lowest BCUT2D eigenvalue weighted by atomic mass is 9.99. The normalized spacial score (nSPS) is 17.4. The SMILES string of the molecule is CCCn1nc(C)c([N+](=O)[O-])c1NC1(CO)CCCC1. The summed E-state index contributed by atoms with van der Waals surface area (Å²) in [6.45, 7) is 4.26. The molecular weight excluding hydrogens is 260 g/mol. The fourth-order valence-electron chi connectivity index (χ4n) is 2.91. The van der Waals surface area contributed by atoms with Crippen LogP contribution < -0.4 is 5.32 Å². The van der Waals surface area contributed by atoms with E-state index >= 15 is 0 Å². The third-order valence-electron chi connectivity index (χ3n) is 3.96. The lowest BCUT2D eigenvalue weighted by Gasteiger charge is -2.28. The predicted molar refractivity (Wildman–Crippen MR) is 75.8 cm³/mol. The molecule has 0 amide bonds. The summed E-state index contributed by atoms with van der Waals surface area (Å²) in [6, 6.07) is 0. The van der Waals surface area contributed by atoms with Gasteiger partial charge in [-0.05, 0) is 26.2 Å². The molecule has 0 saturated heterocycles. The quantitative estimate of drug-likeness (QED) is 0.616. The van der Waals surface area contributed by atoms with Gasteiger partial charge >= 0.3 is 5.69 Å². The van der Waals surface area contributed by atoms with Gasteiger partial charge in [0, 0.05) is 6.54 Å². The molecule has 1 aromatic heterocycles. The Morgan fingerprint density at radius 1 is 1.50 bits per heavy atom. The fourth-order valence-corrected chi connectivity index (χ4v) is 2.91. The molecular formula is C13H22N4O3. The van der Waals surface area contributed by atoms with Crippen LogP contribution in [0.2, 0.25) is 0 Å². The summed E-state index contributed by atoms with van der Waals surface area (Å²) in [7, 11) is 0. The average Bonchev–Trinajstić information content (AvgIpc) is 2.97. The Labute approximate surface area is 118 Å². The van der Waals surface area contributed by atoms with Gasteiger partial charge in [0.1, 0.15) is 5.69 Å². The highest BCUT2D eigenvalue weighted by molar-refractivity contribution is 5.61. The van der Waals surface area contributed by atoms with Gasteiger partial charge < -0.3 is 10.4 Å². The number of anilines is 1. The highest BCUT2D eigenvalue weighted by atomic mass is 16.6. The molecule has 0 unspecified atom stereocenters. The van der Waals surface area contributed by atoms with Crippen LogP contribution in [-0.2, 0) is 6.54 Å². The van der Waals surface area contributed by atoms with E-state index in [9.17, 15) is 15.2 Å². The van der Waals surface area contributed by atoms with Crippen LogP contribution in [0.5, 0.6) is 0 Å². The molecule has 20 heavy (non-hydrogen) atoms. The topological polar surface area (TPSA) is 93.2 Å². The van der Waals surface area contributed by atoms with Crippen molar-refractivity contribution in [1.82, 2.24) is 9.78 Å². The fraction of sp³-hybridized carbons (Fsp3) is 0.769. The van der Waals surface area contributed by atoms with Gasteiger partial charge in [-0.2, -0.15) is 5.10 Å². The van der Waals surface area contributed by atoms with Crippen molar-refractivity contribution in [2.45, 2.75) is 58.0 Å². The zero-order valence-electron chi connectivity index (χ0n) is 12.1. The second-order valence-electron chi connectivity index (χ2n) is 5.53. The second-order valence-corrected chi connectivity index (χ2v) is 5.53. The predicted octanol–water partition coefficient (Wildman–Crippen LogP) is 2.23. The van der Waals surface area contributed by atoms with Crippen LogP contribution in [-0.4, -0.2) is 32.0 Å². The Morgan fingerprint density at radius 2 is 2.15 bits per heavy atom. The van der Waals surface area contributed by atoms with Crippen LogP contribution in [0.1, 0.15) is 44.7 Å². The lowest BCUT2D eigenvalue weighted by molar-refractivity contribution is -0.384. The lowest BCUT2D eigenvalue weighted by Crippen LogP contribution is -2.40. The van der Waals surface area contributed by atoms with Gasteiger partial charge in [-0.3, -0.25) is 10.1 Å². The summed E-state index contributed by atoms with van der Waals surface area (Å²) in [5, 5.41) is 28.4. The number of aliphatic hydroxyl groups is 1. The molecule has 0 atom stereocenters. The van der Waals surface area contributed by atoms with E-state index in [-0.39, 0.29) is 12.3 Å². The zero-order valence-corrected chi connectivity index (χ0v) is 12.1. The number of nitrogens with one attached hydrogen (secondary N) is 1. The summed E-state index contributed by atoms with van der Waals surface area (Å²) in [4.78, 5) is 10.9. The third-order valence-corrected chi connectivity index (χ3v) is 3.96. The summed E-state index contributed by atoms with van der Waals surface area (Å²) < 4.78 is 1.66. The van der Waals surface area contributed by atoms with Crippen molar-refractivity contribution in [2.24, 2.45) is 0 Å². The minimum absolute atomic E-state index is 0.0134. The summed E-state index contributed by atoms with van der Waals surface area (Å²) in [5.41, 5.74) is -0.00173. The number of rotatable bonds is 6. The van der Waals surface area contributed by atoms with Gasteiger partial charge in [0.05, 0.1) is 17.1 Å². The molecule has 0 spiro atoms. The number of hydrogen-bond acceptors (Lipinski definition) is 5. The van der Waals surface area contributed by atoms with Crippen LogP contribution in [0.4, 0.5) is 11.5 Å². The molecule has 1 fully saturated rings. The maximum atomic E-state index is 11.3. The van der Waals surface area contributed by atoms with Crippen molar-refractivity contribution in [3.05, 3.63) is 15.8 Å². The van der Waals surface area contributed by atoms with Crippen molar-refractivity contribution in [3.8, 4) is 0 Å². The zero-order chi connectivity index (χ0) is 14.8. The van der Waals surface area contributed by atoms with E-state index < -0.39 is 10.5 Å². The van der Waals surface area contributed by atoms with Gasteiger partial charge in [0.2, 0.25) is 5.82 Å². The smallest absolute Gasteiger partial charge is 0.333 e. The van der Waals surface area contributed by atoms with E-state index in [0.717, 1.165) is 32.1 Å². The monoisotopic (exact) mass is 282 g/mol. The average molecular weight is 282 g/mol. The Bertz CT molecular complexity index is 492. The number of aliphatic hydroxyl groups excluding tert-OH is 1. The van der Waals surface area contributed by atoms with Crippen molar-refractivity contribution >= 4 is 11.5 Å². The molecule has 1 saturated carbocycles. The number of aryl methyl sites for hydroxylation is 2. The van der Waals surface area contributed by atoms with E-state index in [4.69, 9.17) is 0 Å². The van der Waals surface area contributed by atoms with Crippen LogP contribution in [0.25, 0.3) is 0 Å². The highest BCUT2D eigenvalue weighted by Crippen LogP contribution is 2.37. The van der Waals surface area contributed by atoms with Gasteiger partial charge in [-0.15, -0.1) is 0 Å². The molecule has 0 aliphatic heterocycles. The molecule has 0 aromatic carbocycles. The maximum Gasteiger partial charge on any atom is 0.333 e. The molecule has 112 valence electrons. The van der Waals surface area contributed by atoms with Crippen LogP contribution in [0.3, 0.4) is 0 Å². The van der Waals surface area contributed by atoms with E-state index in [1.165, 1.54) is 0 Å². The molecule has 0 radical (unpaired) electrons. The van der Waals surface area contributed by atoms with Gasteiger partial charge in [-0.1, -0.05) is 19.8 Å². The Morgan fingerprint density at radius 3 is 2.65 bits per heavy atom. The van der Waals surface area contributed by atoms with E-state index in [2.05, 4.69) is 10.4 Å². The minimum atomic E-state index is -0.442. The largest absolute Gasteiger partial charge is 0.394 e. The van der Waals surface area contributed by atoms with Crippen molar-refractivity contribution in [1.29, 1.82) is 0 Å². The van der Waals surface area contributed by atoms with E-state index in [1.54, 1.807) is 11.6 Å². The summed E-state index contributed by atoms with van der Waals surface area (Å²) in [5.74, 6) is 0.435. The molecule has 0 bridgehead atoms. The van der Waals surface area contributed by atoms with Crippen LogP contribution >= 0.6 is 0 Å². The molecule has 1 aromatic rings. The van der Waals surface area contributed by atoms with Gasteiger partial charge in [0.25, 0.3) is 0 Å². The standard InChI is InChI=1S/C13H22N4O3/c1-3-8-16-12(11(17(19)20)10(2)15-16)14-13(9-18)6-4-5-7-13/h14,18H,3-9H2,1-2H3. The number of nitro groups is 1.